The highest BCUT2D eigenvalue weighted by atomic mass is 16.2. The Morgan fingerprint density at radius 3 is 1.80 bits per heavy atom. The summed E-state index contributed by atoms with van der Waals surface area (Å²) >= 11 is 0. The normalized spacial score (nSPS) is 13.5. The zero-order valence-corrected chi connectivity index (χ0v) is 19.7. The minimum Gasteiger partial charge on any atom is -0.326 e. The van der Waals surface area contributed by atoms with Crippen LogP contribution in [0.1, 0.15) is 46.5 Å². The van der Waals surface area contributed by atoms with Crippen LogP contribution in [0.15, 0.2) is 78.9 Å². The molecular weight excluding hydrogens is 442 g/mol. The molecular formula is C28H27N3O4. The highest BCUT2D eigenvalue weighted by Gasteiger charge is 2.42. The van der Waals surface area contributed by atoms with Crippen molar-refractivity contribution in [3.05, 3.63) is 95.6 Å². The Morgan fingerprint density at radius 2 is 1.26 bits per heavy atom. The third-order valence-corrected chi connectivity index (χ3v) is 5.74. The van der Waals surface area contributed by atoms with E-state index in [0.717, 1.165) is 10.5 Å². The lowest BCUT2D eigenvalue weighted by Crippen LogP contribution is -2.48. The molecule has 0 fully saturated rings. The molecule has 7 nitrogen and oxygen atoms in total. The number of fused-ring (bicyclic) bond motifs is 1. The van der Waals surface area contributed by atoms with Crippen LogP contribution in [0.3, 0.4) is 0 Å². The minimum atomic E-state index is -1.03. The van der Waals surface area contributed by atoms with Crippen LogP contribution in [0, 0.1) is 5.92 Å². The average Bonchev–Trinajstić information content (AvgIpc) is 3.09. The fraction of sp³-hybridized carbons (Fsp3) is 0.214. The molecule has 178 valence electrons. The van der Waals surface area contributed by atoms with Gasteiger partial charge in [-0.05, 0) is 47.9 Å². The summed E-state index contributed by atoms with van der Waals surface area (Å²) in [7, 11) is 0. The summed E-state index contributed by atoms with van der Waals surface area (Å²) in [6.45, 7) is 3.94. The van der Waals surface area contributed by atoms with E-state index in [9.17, 15) is 19.2 Å². The first-order chi connectivity index (χ1) is 16.8. The van der Waals surface area contributed by atoms with Gasteiger partial charge in [0.15, 0.2) is 0 Å². The van der Waals surface area contributed by atoms with Crippen LogP contribution in [0.4, 0.5) is 11.4 Å². The van der Waals surface area contributed by atoms with Crippen molar-refractivity contribution in [3.63, 3.8) is 0 Å². The van der Waals surface area contributed by atoms with E-state index in [1.165, 1.54) is 0 Å². The molecule has 0 aromatic heterocycles. The van der Waals surface area contributed by atoms with Crippen molar-refractivity contribution in [2.75, 3.05) is 10.6 Å². The van der Waals surface area contributed by atoms with Gasteiger partial charge in [0, 0.05) is 24.2 Å². The number of nitrogens with one attached hydrogen (secondary N) is 2. The smallest absolute Gasteiger partial charge is 0.262 e. The Balaban J connectivity index is 1.54. The zero-order chi connectivity index (χ0) is 24.9. The van der Waals surface area contributed by atoms with Gasteiger partial charge in [-0.15, -0.1) is 0 Å². The van der Waals surface area contributed by atoms with E-state index in [1.54, 1.807) is 48.5 Å². The Kier molecular flexibility index (Phi) is 7.06. The molecule has 7 heteroatoms. The second-order valence-electron chi connectivity index (χ2n) is 8.94. The summed E-state index contributed by atoms with van der Waals surface area (Å²) in [5.41, 5.74) is 2.53. The van der Waals surface area contributed by atoms with Gasteiger partial charge in [-0.2, -0.15) is 0 Å². The number of rotatable bonds is 8. The second kappa shape index (κ2) is 10.3. The summed E-state index contributed by atoms with van der Waals surface area (Å²) in [5.74, 6) is -1.27. The summed E-state index contributed by atoms with van der Waals surface area (Å²) in [6.07, 6.45) is 0.599. The number of hydrogen-bond donors (Lipinski definition) is 2. The number of carbonyl (C=O) groups excluding carboxylic acids is 4. The highest BCUT2D eigenvalue weighted by molar-refractivity contribution is 6.23. The maximum absolute atomic E-state index is 13.4. The molecule has 0 spiro atoms. The van der Waals surface area contributed by atoms with Crippen molar-refractivity contribution in [2.45, 2.75) is 32.7 Å². The molecule has 4 amide bonds. The minimum absolute atomic E-state index is 0.0784. The van der Waals surface area contributed by atoms with Crippen LogP contribution in [-0.4, -0.2) is 34.6 Å². The van der Waals surface area contributed by atoms with Crippen molar-refractivity contribution in [1.29, 1.82) is 0 Å². The monoisotopic (exact) mass is 469 g/mol. The molecule has 0 bridgehead atoms. The number of hydrogen-bond acceptors (Lipinski definition) is 4. The van der Waals surface area contributed by atoms with E-state index in [2.05, 4.69) is 10.6 Å². The van der Waals surface area contributed by atoms with Gasteiger partial charge in [0.05, 0.1) is 11.1 Å². The van der Waals surface area contributed by atoms with Gasteiger partial charge >= 0.3 is 0 Å². The van der Waals surface area contributed by atoms with Gasteiger partial charge < -0.3 is 10.6 Å². The van der Waals surface area contributed by atoms with Gasteiger partial charge in [0.25, 0.3) is 11.8 Å². The number of nitrogens with zero attached hydrogens (tertiary/aromatic N) is 1. The first kappa shape index (κ1) is 23.9. The van der Waals surface area contributed by atoms with E-state index < -0.39 is 23.8 Å². The van der Waals surface area contributed by atoms with Crippen LogP contribution in [0.5, 0.6) is 0 Å². The quantitative estimate of drug-likeness (QED) is 0.474. The molecule has 1 atom stereocenters. The summed E-state index contributed by atoms with van der Waals surface area (Å²) < 4.78 is 0. The van der Waals surface area contributed by atoms with Crippen molar-refractivity contribution >= 4 is 35.0 Å². The molecule has 1 heterocycles. The Bertz CT molecular complexity index is 1220. The molecule has 0 aliphatic carbocycles. The van der Waals surface area contributed by atoms with Crippen LogP contribution in [-0.2, 0) is 16.0 Å². The lowest BCUT2D eigenvalue weighted by atomic mass is 10.0. The van der Waals surface area contributed by atoms with E-state index in [1.807, 2.05) is 44.2 Å². The summed E-state index contributed by atoms with van der Waals surface area (Å²) in [4.78, 5) is 52.7. The zero-order valence-electron chi connectivity index (χ0n) is 19.7. The molecule has 3 aromatic carbocycles. The van der Waals surface area contributed by atoms with Crippen LogP contribution in [0.2, 0.25) is 0 Å². The Labute approximate surface area is 204 Å². The molecule has 2 N–H and O–H groups in total. The molecule has 1 aliphatic rings. The van der Waals surface area contributed by atoms with E-state index in [0.29, 0.717) is 28.9 Å². The highest BCUT2D eigenvalue weighted by Crippen LogP contribution is 2.27. The van der Waals surface area contributed by atoms with Crippen LogP contribution in [0.25, 0.3) is 0 Å². The number of benzene rings is 3. The largest absolute Gasteiger partial charge is 0.326 e. The predicted molar refractivity (Wildman–Crippen MR) is 134 cm³/mol. The van der Waals surface area contributed by atoms with E-state index in [4.69, 9.17) is 0 Å². The number of carbonyl (C=O) groups is 4. The first-order valence-electron chi connectivity index (χ1n) is 11.5. The van der Waals surface area contributed by atoms with Crippen molar-refractivity contribution in [3.8, 4) is 0 Å². The lowest BCUT2D eigenvalue weighted by Gasteiger charge is -2.25. The van der Waals surface area contributed by atoms with Crippen LogP contribution < -0.4 is 10.6 Å². The van der Waals surface area contributed by atoms with Gasteiger partial charge in [-0.25, -0.2) is 0 Å². The maximum Gasteiger partial charge on any atom is 0.262 e. The van der Waals surface area contributed by atoms with Gasteiger partial charge in [-0.3, -0.25) is 24.1 Å². The van der Waals surface area contributed by atoms with Crippen LogP contribution >= 0.6 is 0 Å². The number of amides is 4. The molecule has 0 saturated carbocycles. The number of anilines is 2. The van der Waals surface area contributed by atoms with Gasteiger partial charge in [-0.1, -0.05) is 56.3 Å². The number of imide groups is 1. The molecule has 1 aliphatic heterocycles. The fourth-order valence-corrected chi connectivity index (χ4v) is 4.07. The lowest BCUT2D eigenvalue weighted by molar-refractivity contribution is -0.120. The maximum atomic E-state index is 13.4. The predicted octanol–water partition coefficient (Wildman–Crippen LogP) is 4.52. The molecule has 0 radical (unpaired) electrons. The second-order valence-corrected chi connectivity index (χ2v) is 8.94. The fourth-order valence-electron chi connectivity index (χ4n) is 4.07. The van der Waals surface area contributed by atoms with Gasteiger partial charge in [0.1, 0.15) is 6.04 Å². The first-order valence-corrected chi connectivity index (χ1v) is 11.5. The summed E-state index contributed by atoms with van der Waals surface area (Å²) in [6, 6.07) is 21.6. The molecule has 35 heavy (non-hydrogen) atoms. The molecule has 1 unspecified atom stereocenters. The molecule has 4 rings (SSSR count). The Morgan fingerprint density at radius 1 is 0.743 bits per heavy atom. The topological polar surface area (TPSA) is 95.6 Å². The third-order valence-electron chi connectivity index (χ3n) is 5.74. The Hall–Kier alpha value is -4.26. The molecule has 3 aromatic rings. The third kappa shape index (κ3) is 5.46. The summed E-state index contributed by atoms with van der Waals surface area (Å²) in [5, 5.41) is 5.65. The van der Waals surface area contributed by atoms with Crippen molar-refractivity contribution in [1.82, 2.24) is 4.90 Å². The van der Waals surface area contributed by atoms with E-state index in [-0.39, 0.29) is 18.2 Å². The van der Waals surface area contributed by atoms with Crippen molar-refractivity contribution in [2.24, 2.45) is 5.92 Å². The SMILES string of the molecule is CC(C)CC(=O)Nc1ccc(NC(=O)C(Cc2ccccc2)N2C(=O)c3ccccc3C2=O)cc1. The standard InChI is InChI=1S/C28H27N3O4/c1-18(2)16-25(32)29-20-12-14-21(15-13-20)30-26(33)24(17-19-8-4-3-5-9-19)31-27(34)22-10-6-7-11-23(22)28(31)35/h3-15,18,24H,16-17H2,1-2H3,(H,29,32)(H,30,33). The van der Waals surface area contributed by atoms with Crippen molar-refractivity contribution < 1.29 is 19.2 Å². The van der Waals surface area contributed by atoms with Gasteiger partial charge in [0.2, 0.25) is 11.8 Å². The average molecular weight is 470 g/mol. The van der Waals surface area contributed by atoms with E-state index >= 15 is 0 Å². The molecule has 0 saturated heterocycles.